The van der Waals surface area contributed by atoms with Gasteiger partial charge in [0.2, 0.25) is 0 Å². The zero-order valence-electron chi connectivity index (χ0n) is 10.2. The summed E-state index contributed by atoms with van der Waals surface area (Å²) in [6.07, 6.45) is 0.585. The van der Waals surface area contributed by atoms with E-state index in [-0.39, 0.29) is 5.92 Å². The second-order valence-electron chi connectivity index (χ2n) is 4.40. The van der Waals surface area contributed by atoms with Crippen molar-refractivity contribution < 1.29 is 9.53 Å². The third kappa shape index (κ3) is 3.63. The van der Waals surface area contributed by atoms with E-state index in [0.29, 0.717) is 25.4 Å². The van der Waals surface area contributed by atoms with Crippen molar-refractivity contribution in [3.05, 3.63) is 22.4 Å². The van der Waals surface area contributed by atoms with Crippen molar-refractivity contribution in [3.8, 4) is 0 Å². The van der Waals surface area contributed by atoms with E-state index < -0.39 is 0 Å². The van der Waals surface area contributed by atoms with Crippen molar-refractivity contribution in [2.45, 2.75) is 19.9 Å². The van der Waals surface area contributed by atoms with Crippen LogP contribution in [0.25, 0.3) is 0 Å². The van der Waals surface area contributed by atoms with Crippen molar-refractivity contribution in [1.29, 1.82) is 0 Å². The predicted octanol–water partition coefficient (Wildman–Crippen LogP) is 2.18. The maximum Gasteiger partial charge on any atom is 0.141 e. The van der Waals surface area contributed by atoms with Crippen molar-refractivity contribution in [3.63, 3.8) is 0 Å². The molecule has 3 nitrogen and oxygen atoms in total. The van der Waals surface area contributed by atoms with Gasteiger partial charge in [-0.1, -0.05) is 13.0 Å². The van der Waals surface area contributed by atoms with Crippen molar-refractivity contribution >= 4 is 17.1 Å². The molecule has 1 aliphatic heterocycles. The molecule has 1 atom stereocenters. The highest BCUT2D eigenvalue weighted by Crippen LogP contribution is 2.16. The molecule has 1 aliphatic rings. The summed E-state index contributed by atoms with van der Waals surface area (Å²) in [4.78, 5) is 15.4. The first kappa shape index (κ1) is 12.7. The van der Waals surface area contributed by atoms with Crippen LogP contribution in [0.2, 0.25) is 0 Å². The molecule has 1 unspecified atom stereocenters. The topological polar surface area (TPSA) is 29.5 Å². The van der Waals surface area contributed by atoms with Crippen LogP contribution in [-0.4, -0.2) is 37.0 Å². The fourth-order valence-electron chi connectivity index (χ4n) is 2.09. The highest BCUT2D eigenvalue weighted by Gasteiger charge is 2.24. The molecule has 0 saturated carbocycles. The van der Waals surface area contributed by atoms with Gasteiger partial charge in [-0.2, -0.15) is 0 Å². The van der Waals surface area contributed by atoms with E-state index in [4.69, 9.17) is 4.74 Å². The monoisotopic (exact) mass is 253 g/mol. The van der Waals surface area contributed by atoms with Crippen LogP contribution < -0.4 is 0 Å². The van der Waals surface area contributed by atoms with E-state index in [1.54, 1.807) is 11.3 Å². The second-order valence-corrected chi connectivity index (χ2v) is 5.43. The molecule has 0 aliphatic carbocycles. The van der Waals surface area contributed by atoms with E-state index >= 15 is 0 Å². The van der Waals surface area contributed by atoms with Crippen LogP contribution in [0.3, 0.4) is 0 Å². The van der Waals surface area contributed by atoms with E-state index in [0.717, 1.165) is 19.6 Å². The molecule has 1 aromatic heterocycles. The summed E-state index contributed by atoms with van der Waals surface area (Å²) >= 11 is 1.77. The molecule has 0 radical (unpaired) electrons. The summed E-state index contributed by atoms with van der Waals surface area (Å²) < 4.78 is 5.39. The van der Waals surface area contributed by atoms with Crippen LogP contribution in [0.1, 0.15) is 18.2 Å². The fraction of sp³-hybridized carbons (Fsp3) is 0.615. The Labute approximate surface area is 106 Å². The average molecular weight is 253 g/mol. The molecule has 2 heterocycles. The minimum Gasteiger partial charge on any atom is -0.380 e. The predicted molar refractivity (Wildman–Crippen MR) is 69.2 cm³/mol. The number of carbonyl (C=O) groups is 1. The fourth-order valence-corrected chi connectivity index (χ4v) is 2.84. The summed E-state index contributed by atoms with van der Waals surface area (Å²) in [6.45, 7) is 6.08. The van der Waals surface area contributed by atoms with Crippen molar-refractivity contribution in [2.75, 3.05) is 26.3 Å². The largest absolute Gasteiger partial charge is 0.380 e. The minimum absolute atomic E-state index is 0.0728. The zero-order chi connectivity index (χ0) is 12.1. The molecule has 0 amide bonds. The molecule has 4 heteroatoms. The Morgan fingerprint density at radius 3 is 3.12 bits per heavy atom. The van der Waals surface area contributed by atoms with Crippen molar-refractivity contribution in [2.24, 2.45) is 5.92 Å². The Morgan fingerprint density at radius 2 is 2.47 bits per heavy atom. The van der Waals surface area contributed by atoms with Gasteiger partial charge in [-0.25, -0.2) is 0 Å². The van der Waals surface area contributed by atoms with Crippen molar-refractivity contribution in [1.82, 2.24) is 4.90 Å². The Kier molecular flexibility index (Phi) is 4.71. The number of nitrogens with zero attached hydrogens (tertiary/aromatic N) is 1. The molecule has 0 aromatic carbocycles. The zero-order valence-corrected chi connectivity index (χ0v) is 11.0. The molecule has 0 N–H and O–H groups in total. The quantitative estimate of drug-likeness (QED) is 0.805. The maximum absolute atomic E-state index is 11.7. The second kappa shape index (κ2) is 6.28. The first-order chi connectivity index (χ1) is 8.29. The molecule has 1 saturated heterocycles. The lowest BCUT2D eigenvalue weighted by atomic mass is 10.00. The van der Waals surface area contributed by atoms with Gasteiger partial charge in [0.05, 0.1) is 19.1 Å². The van der Waals surface area contributed by atoms with Gasteiger partial charge in [0.15, 0.2) is 0 Å². The highest BCUT2D eigenvalue weighted by atomic mass is 32.1. The van der Waals surface area contributed by atoms with E-state index in [2.05, 4.69) is 29.3 Å². The number of rotatable bonds is 5. The molecular formula is C13H19NO2S. The molecule has 17 heavy (non-hydrogen) atoms. The SMILES string of the molecule is CCN(Cc1cccs1)CC1COCCC1=O. The van der Waals surface area contributed by atoms with Crippen LogP contribution in [0.5, 0.6) is 0 Å². The molecule has 1 fully saturated rings. The van der Waals surface area contributed by atoms with Crippen LogP contribution in [0, 0.1) is 5.92 Å². The van der Waals surface area contributed by atoms with Gasteiger partial charge < -0.3 is 4.74 Å². The number of ketones is 1. The molecule has 0 bridgehead atoms. The number of thiophene rings is 1. The first-order valence-electron chi connectivity index (χ1n) is 6.14. The molecule has 1 aromatic rings. The lowest BCUT2D eigenvalue weighted by Gasteiger charge is -2.27. The Hall–Kier alpha value is -0.710. The maximum atomic E-state index is 11.7. The van der Waals surface area contributed by atoms with Crippen LogP contribution in [-0.2, 0) is 16.1 Å². The standard InChI is InChI=1S/C13H19NO2S/c1-2-14(9-12-4-3-7-17-12)8-11-10-16-6-5-13(11)15/h3-4,7,11H,2,5-6,8-10H2,1H3. The number of Topliss-reactive ketones (excluding diaryl/α,β-unsaturated/α-hetero) is 1. The van der Waals surface area contributed by atoms with Gasteiger partial charge in [0.25, 0.3) is 0 Å². The summed E-state index contributed by atoms with van der Waals surface area (Å²) in [5, 5.41) is 2.10. The first-order valence-corrected chi connectivity index (χ1v) is 7.02. The third-order valence-electron chi connectivity index (χ3n) is 3.15. The molecular weight excluding hydrogens is 234 g/mol. The molecule has 94 valence electrons. The molecule has 0 spiro atoms. The summed E-state index contributed by atoms with van der Waals surface area (Å²) in [5.41, 5.74) is 0. The van der Waals surface area contributed by atoms with Crippen LogP contribution in [0.15, 0.2) is 17.5 Å². The highest BCUT2D eigenvalue weighted by molar-refractivity contribution is 7.09. The van der Waals surface area contributed by atoms with Crippen LogP contribution in [0.4, 0.5) is 0 Å². The van der Waals surface area contributed by atoms with E-state index in [1.807, 2.05) is 0 Å². The van der Waals surface area contributed by atoms with Gasteiger partial charge in [-0.15, -0.1) is 11.3 Å². The Balaban J connectivity index is 1.88. The summed E-state index contributed by atoms with van der Waals surface area (Å²) in [6, 6.07) is 4.22. The van der Waals surface area contributed by atoms with Crippen LogP contribution >= 0.6 is 11.3 Å². The van der Waals surface area contributed by atoms with Gasteiger partial charge in [-0.05, 0) is 18.0 Å². The van der Waals surface area contributed by atoms with Gasteiger partial charge in [0, 0.05) is 24.4 Å². The Morgan fingerprint density at radius 1 is 1.59 bits per heavy atom. The normalized spacial score (nSPS) is 21.1. The minimum atomic E-state index is 0.0728. The van der Waals surface area contributed by atoms with Gasteiger partial charge in [-0.3, -0.25) is 9.69 Å². The van der Waals surface area contributed by atoms with Gasteiger partial charge >= 0.3 is 0 Å². The summed E-state index contributed by atoms with van der Waals surface area (Å²) in [7, 11) is 0. The van der Waals surface area contributed by atoms with E-state index in [9.17, 15) is 4.79 Å². The number of hydrogen-bond donors (Lipinski definition) is 0. The number of carbonyl (C=O) groups excluding carboxylic acids is 1. The molecule has 2 rings (SSSR count). The third-order valence-corrected chi connectivity index (χ3v) is 4.01. The average Bonchev–Trinajstić information content (AvgIpc) is 2.84. The number of hydrogen-bond acceptors (Lipinski definition) is 4. The smallest absolute Gasteiger partial charge is 0.141 e. The lowest BCUT2D eigenvalue weighted by molar-refractivity contribution is -0.131. The summed E-state index contributed by atoms with van der Waals surface area (Å²) in [5.74, 6) is 0.435. The number of ether oxygens (including phenoxy) is 1. The lowest BCUT2D eigenvalue weighted by Crippen LogP contribution is -2.38. The Bertz CT molecular complexity index is 350. The van der Waals surface area contributed by atoms with Gasteiger partial charge in [0.1, 0.15) is 5.78 Å². The van der Waals surface area contributed by atoms with E-state index in [1.165, 1.54) is 4.88 Å².